The van der Waals surface area contributed by atoms with Gasteiger partial charge in [-0.05, 0) is 85.8 Å². The molecule has 57 heavy (non-hydrogen) atoms. The van der Waals surface area contributed by atoms with Crippen LogP contribution < -0.4 is 0 Å². The zero-order valence-corrected chi connectivity index (χ0v) is 30.8. The van der Waals surface area contributed by atoms with E-state index in [0.29, 0.717) is 17.5 Å². The molecule has 0 fully saturated rings. The lowest BCUT2D eigenvalue weighted by Crippen LogP contribution is -2.00. The minimum Gasteiger partial charge on any atom is -0.455 e. The van der Waals surface area contributed by atoms with E-state index in [9.17, 15) is 0 Å². The summed E-state index contributed by atoms with van der Waals surface area (Å²) in [5.74, 6) is 1.77. The Balaban J connectivity index is 1.17. The SMILES string of the molecule is c1ccc(-c2cc(-c3ccccc3)cc(-c3cc4ccccc4c4c3oc3c(-c5nc(-c6ccccc6)nc(-c6ccc7ccccc7c6)n5)cccc34)c2)cc1. The van der Waals surface area contributed by atoms with E-state index in [0.717, 1.165) is 88.2 Å². The van der Waals surface area contributed by atoms with Gasteiger partial charge in [-0.25, -0.2) is 15.0 Å². The van der Waals surface area contributed by atoms with Crippen molar-refractivity contribution in [2.45, 2.75) is 0 Å². The maximum absolute atomic E-state index is 7.17. The van der Waals surface area contributed by atoms with E-state index in [1.165, 1.54) is 5.39 Å². The molecule has 2 heterocycles. The molecular formula is C53H33N3O. The summed E-state index contributed by atoms with van der Waals surface area (Å²) in [7, 11) is 0. The number of benzene rings is 9. The fraction of sp³-hybridized carbons (Fsp3) is 0. The molecular weight excluding hydrogens is 695 g/mol. The largest absolute Gasteiger partial charge is 0.455 e. The summed E-state index contributed by atoms with van der Waals surface area (Å²) in [6.45, 7) is 0. The summed E-state index contributed by atoms with van der Waals surface area (Å²) >= 11 is 0. The summed E-state index contributed by atoms with van der Waals surface area (Å²) in [6.07, 6.45) is 0. The standard InChI is InChI=1S/C53H33N3O/c1-4-15-34(16-5-1)41-30-42(35-17-6-2-7-18-35)32-43(31-41)47-33-39-23-12-13-24-44(39)48-45-25-14-26-46(49(45)57-50(47)48)53-55-51(37-20-8-3-9-21-37)54-52(56-53)40-28-27-36-19-10-11-22-38(36)29-40/h1-33H. The molecule has 0 saturated carbocycles. The van der Waals surface area contributed by atoms with Crippen LogP contribution in [0.15, 0.2) is 205 Å². The van der Waals surface area contributed by atoms with Crippen LogP contribution >= 0.6 is 0 Å². The highest BCUT2D eigenvalue weighted by Crippen LogP contribution is 2.45. The lowest BCUT2D eigenvalue weighted by molar-refractivity contribution is 0.671. The van der Waals surface area contributed by atoms with Crippen molar-refractivity contribution >= 4 is 43.5 Å². The summed E-state index contributed by atoms with van der Waals surface area (Å²) in [5, 5.41) is 6.65. The van der Waals surface area contributed by atoms with Crippen LogP contribution in [0, 0.1) is 0 Å². The van der Waals surface area contributed by atoms with Crippen LogP contribution in [0.25, 0.3) is 111 Å². The van der Waals surface area contributed by atoms with E-state index in [-0.39, 0.29) is 0 Å². The summed E-state index contributed by atoms with van der Waals surface area (Å²) in [5.41, 5.74) is 10.9. The van der Waals surface area contributed by atoms with Crippen molar-refractivity contribution in [2.24, 2.45) is 0 Å². The summed E-state index contributed by atoms with van der Waals surface area (Å²) in [6, 6.07) is 70.0. The Bertz CT molecular complexity index is 3220. The van der Waals surface area contributed by atoms with Gasteiger partial charge in [-0.1, -0.05) is 164 Å². The first-order chi connectivity index (χ1) is 28.2. The van der Waals surface area contributed by atoms with Gasteiger partial charge in [-0.15, -0.1) is 0 Å². The molecule has 0 aliphatic rings. The van der Waals surface area contributed by atoms with Crippen LogP contribution in [0.4, 0.5) is 0 Å². The predicted octanol–water partition coefficient (Wildman–Crippen LogP) is 14.1. The van der Waals surface area contributed by atoms with Crippen LogP contribution in [0.3, 0.4) is 0 Å². The topological polar surface area (TPSA) is 51.8 Å². The molecule has 4 nitrogen and oxygen atoms in total. The zero-order valence-electron chi connectivity index (χ0n) is 30.8. The van der Waals surface area contributed by atoms with E-state index in [1.807, 2.05) is 30.3 Å². The molecule has 266 valence electrons. The van der Waals surface area contributed by atoms with E-state index >= 15 is 0 Å². The van der Waals surface area contributed by atoms with Gasteiger partial charge in [0.15, 0.2) is 17.5 Å². The molecule has 0 atom stereocenters. The quantitative estimate of drug-likeness (QED) is 0.171. The molecule has 0 N–H and O–H groups in total. The summed E-state index contributed by atoms with van der Waals surface area (Å²) in [4.78, 5) is 15.3. The lowest BCUT2D eigenvalue weighted by atomic mass is 9.91. The van der Waals surface area contributed by atoms with Crippen molar-refractivity contribution in [3.63, 3.8) is 0 Å². The van der Waals surface area contributed by atoms with Crippen LogP contribution in [-0.2, 0) is 0 Å². The third-order valence-corrected chi connectivity index (χ3v) is 10.9. The first-order valence-electron chi connectivity index (χ1n) is 19.2. The van der Waals surface area contributed by atoms with Gasteiger partial charge in [0.25, 0.3) is 0 Å². The highest BCUT2D eigenvalue weighted by Gasteiger charge is 2.22. The lowest BCUT2D eigenvalue weighted by Gasteiger charge is -2.13. The number of hydrogen-bond donors (Lipinski definition) is 0. The number of para-hydroxylation sites is 1. The Kier molecular flexibility index (Phi) is 7.78. The number of fused-ring (bicyclic) bond motifs is 6. The molecule has 0 aliphatic heterocycles. The van der Waals surface area contributed by atoms with E-state index in [1.54, 1.807) is 0 Å². The molecule has 0 unspecified atom stereocenters. The maximum Gasteiger partial charge on any atom is 0.167 e. The van der Waals surface area contributed by atoms with Gasteiger partial charge in [0, 0.05) is 27.5 Å². The van der Waals surface area contributed by atoms with Crippen molar-refractivity contribution in [3.05, 3.63) is 200 Å². The Morgan fingerprint density at radius 3 is 1.53 bits per heavy atom. The van der Waals surface area contributed by atoms with Crippen LogP contribution in [0.5, 0.6) is 0 Å². The van der Waals surface area contributed by atoms with Gasteiger partial charge in [-0.2, -0.15) is 0 Å². The molecule has 0 spiro atoms. The maximum atomic E-state index is 7.17. The van der Waals surface area contributed by atoms with Gasteiger partial charge >= 0.3 is 0 Å². The number of aromatic nitrogens is 3. The number of hydrogen-bond acceptors (Lipinski definition) is 4. The van der Waals surface area contributed by atoms with Gasteiger partial charge in [0.05, 0.1) is 5.56 Å². The molecule has 0 aliphatic carbocycles. The fourth-order valence-corrected chi connectivity index (χ4v) is 8.09. The average Bonchev–Trinajstić information content (AvgIpc) is 3.69. The first-order valence-corrected chi connectivity index (χ1v) is 19.2. The van der Waals surface area contributed by atoms with Gasteiger partial charge in [-0.3, -0.25) is 0 Å². The van der Waals surface area contributed by atoms with Gasteiger partial charge < -0.3 is 4.42 Å². The Morgan fingerprint density at radius 1 is 0.281 bits per heavy atom. The minimum atomic E-state index is 0.556. The molecule has 0 bridgehead atoms. The smallest absolute Gasteiger partial charge is 0.167 e. The van der Waals surface area contributed by atoms with E-state index < -0.39 is 0 Å². The van der Waals surface area contributed by atoms with E-state index in [2.05, 4.69) is 170 Å². The minimum absolute atomic E-state index is 0.556. The second-order valence-electron chi connectivity index (χ2n) is 14.4. The molecule has 4 heteroatoms. The number of nitrogens with zero attached hydrogens (tertiary/aromatic N) is 3. The fourth-order valence-electron chi connectivity index (χ4n) is 8.09. The average molecular weight is 728 g/mol. The highest BCUT2D eigenvalue weighted by atomic mass is 16.3. The Hall–Kier alpha value is -7.69. The number of furan rings is 1. The predicted molar refractivity (Wildman–Crippen MR) is 235 cm³/mol. The third kappa shape index (κ3) is 5.83. The monoisotopic (exact) mass is 727 g/mol. The van der Waals surface area contributed by atoms with Crippen molar-refractivity contribution in [2.75, 3.05) is 0 Å². The van der Waals surface area contributed by atoms with Gasteiger partial charge in [0.1, 0.15) is 11.2 Å². The normalized spacial score (nSPS) is 11.5. The van der Waals surface area contributed by atoms with Crippen LogP contribution in [0.1, 0.15) is 0 Å². The van der Waals surface area contributed by atoms with Crippen molar-refractivity contribution in [1.82, 2.24) is 15.0 Å². The second kappa shape index (κ2) is 13.6. The Morgan fingerprint density at radius 2 is 0.825 bits per heavy atom. The zero-order chi connectivity index (χ0) is 37.7. The number of rotatable bonds is 6. The third-order valence-electron chi connectivity index (χ3n) is 10.9. The molecule has 9 aromatic carbocycles. The molecule has 11 aromatic rings. The molecule has 0 amide bonds. The molecule has 0 saturated heterocycles. The Labute approximate surface area is 329 Å². The molecule has 11 rings (SSSR count). The van der Waals surface area contributed by atoms with Crippen molar-refractivity contribution in [3.8, 4) is 67.5 Å². The van der Waals surface area contributed by atoms with Gasteiger partial charge in [0.2, 0.25) is 0 Å². The van der Waals surface area contributed by atoms with Crippen molar-refractivity contribution < 1.29 is 4.42 Å². The van der Waals surface area contributed by atoms with Crippen molar-refractivity contribution in [1.29, 1.82) is 0 Å². The molecule has 2 aromatic heterocycles. The first kappa shape index (κ1) is 32.7. The summed E-state index contributed by atoms with van der Waals surface area (Å²) < 4.78 is 7.17. The van der Waals surface area contributed by atoms with Crippen LogP contribution in [0.2, 0.25) is 0 Å². The van der Waals surface area contributed by atoms with E-state index in [4.69, 9.17) is 19.4 Å². The second-order valence-corrected chi connectivity index (χ2v) is 14.4. The highest BCUT2D eigenvalue weighted by molar-refractivity contribution is 6.24. The van der Waals surface area contributed by atoms with Crippen LogP contribution in [-0.4, -0.2) is 15.0 Å². The molecule has 0 radical (unpaired) electrons.